The highest BCUT2D eigenvalue weighted by Crippen LogP contribution is 2.38. The Bertz CT molecular complexity index is 462. The van der Waals surface area contributed by atoms with Crippen LogP contribution in [0.1, 0.15) is 19.3 Å². The molecule has 6 heteroatoms. The Labute approximate surface area is 111 Å². The Hall–Kier alpha value is -1.95. The van der Waals surface area contributed by atoms with Crippen LogP contribution in [-0.2, 0) is 9.53 Å². The molecule has 1 aromatic rings. The SMILES string of the molecule is COCCCCC(=O)Nc1cc2c(cc1N)OCO2. The molecule has 0 aromatic heterocycles. The van der Waals surface area contributed by atoms with Crippen LogP contribution in [-0.4, -0.2) is 26.4 Å². The molecule has 0 saturated heterocycles. The first-order chi connectivity index (χ1) is 9.20. The summed E-state index contributed by atoms with van der Waals surface area (Å²) >= 11 is 0. The van der Waals surface area contributed by atoms with Crippen LogP contribution in [0.25, 0.3) is 0 Å². The molecule has 19 heavy (non-hydrogen) atoms. The van der Waals surface area contributed by atoms with Gasteiger partial charge in [0, 0.05) is 32.3 Å². The van der Waals surface area contributed by atoms with E-state index in [1.807, 2.05) is 0 Å². The van der Waals surface area contributed by atoms with E-state index in [0.29, 0.717) is 35.9 Å². The van der Waals surface area contributed by atoms with Crippen LogP contribution < -0.4 is 20.5 Å². The molecule has 0 unspecified atom stereocenters. The molecule has 0 radical (unpaired) electrons. The summed E-state index contributed by atoms with van der Waals surface area (Å²) in [4.78, 5) is 11.7. The van der Waals surface area contributed by atoms with Crippen LogP contribution in [0, 0.1) is 0 Å². The van der Waals surface area contributed by atoms with E-state index in [2.05, 4.69) is 5.32 Å². The number of hydrogen-bond donors (Lipinski definition) is 2. The van der Waals surface area contributed by atoms with Crippen molar-refractivity contribution in [1.82, 2.24) is 0 Å². The molecule has 1 aromatic carbocycles. The highest BCUT2D eigenvalue weighted by molar-refractivity contribution is 5.94. The summed E-state index contributed by atoms with van der Waals surface area (Å²) in [6, 6.07) is 3.34. The van der Waals surface area contributed by atoms with E-state index in [0.717, 1.165) is 12.8 Å². The number of ether oxygens (including phenoxy) is 3. The van der Waals surface area contributed by atoms with Crippen molar-refractivity contribution < 1.29 is 19.0 Å². The molecule has 0 atom stereocenters. The molecule has 1 amide bonds. The monoisotopic (exact) mass is 266 g/mol. The fourth-order valence-corrected chi connectivity index (χ4v) is 1.81. The number of nitrogen functional groups attached to an aromatic ring is 1. The van der Waals surface area contributed by atoms with E-state index in [1.165, 1.54) is 0 Å². The Morgan fingerprint density at radius 2 is 2.11 bits per heavy atom. The second-order valence-corrected chi connectivity index (χ2v) is 4.29. The number of amides is 1. The third kappa shape index (κ3) is 3.51. The fourth-order valence-electron chi connectivity index (χ4n) is 1.81. The minimum absolute atomic E-state index is 0.0679. The largest absolute Gasteiger partial charge is 0.454 e. The molecule has 1 heterocycles. The molecule has 1 aliphatic heterocycles. The van der Waals surface area contributed by atoms with Crippen molar-refractivity contribution in [3.63, 3.8) is 0 Å². The second kappa shape index (κ2) is 6.29. The predicted octanol–water partition coefficient (Wildman–Crippen LogP) is 1.75. The summed E-state index contributed by atoms with van der Waals surface area (Å²) in [6.07, 6.45) is 2.09. The average molecular weight is 266 g/mol. The van der Waals surface area contributed by atoms with Crippen LogP contribution in [0.4, 0.5) is 11.4 Å². The summed E-state index contributed by atoms with van der Waals surface area (Å²) in [7, 11) is 1.65. The molecule has 1 aliphatic rings. The van der Waals surface area contributed by atoms with Crippen molar-refractivity contribution in [2.24, 2.45) is 0 Å². The maximum absolute atomic E-state index is 11.7. The number of methoxy groups -OCH3 is 1. The van der Waals surface area contributed by atoms with Gasteiger partial charge in [0.15, 0.2) is 11.5 Å². The zero-order valence-electron chi connectivity index (χ0n) is 10.9. The second-order valence-electron chi connectivity index (χ2n) is 4.29. The van der Waals surface area contributed by atoms with Crippen molar-refractivity contribution in [2.45, 2.75) is 19.3 Å². The zero-order chi connectivity index (χ0) is 13.7. The maximum Gasteiger partial charge on any atom is 0.231 e. The number of benzene rings is 1. The van der Waals surface area contributed by atoms with Crippen molar-refractivity contribution >= 4 is 17.3 Å². The van der Waals surface area contributed by atoms with E-state index in [4.69, 9.17) is 19.9 Å². The van der Waals surface area contributed by atoms with Gasteiger partial charge in [0.2, 0.25) is 12.7 Å². The molecule has 0 saturated carbocycles. The number of rotatable bonds is 6. The standard InChI is InChI=1S/C13H18N2O4/c1-17-5-3-2-4-13(16)15-10-7-12-11(6-9(10)14)18-8-19-12/h6-7H,2-5,8,14H2,1H3,(H,15,16). The van der Waals surface area contributed by atoms with Gasteiger partial charge in [-0.15, -0.1) is 0 Å². The third-order valence-corrected chi connectivity index (χ3v) is 2.82. The molecule has 6 nitrogen and oxygen atoms in total. The highest BCUT2D eigenvalue weighted by atomic mass is 16.7. The van der Waals surface area contributed by atoms with Crippen molar-refractivity contribution in [1.29, 1.82) is 0 Å². The topological polar surface area (TPSA) is 82.8 Å². The van der Waals surface area contributed by atoms with E-state index < -0.39 is 0 Å². The van der Waals surface area contributed by atoms with Crippen LogP contribution in [0.15, 0.2) is 12.1 Å². The third-order valence-electron chi connectivity index (χ3n) is 2.82. The van der Waals surface area contributed by atoms with Gasteiger partial charge in [-0.2, -0.15) is 0 Å². The van der Waals surface area contributed by atoms with Gasteiger partial charge in [0.05, 0.1) is 11.4 Å². The van der Waals surface area contributed by atoms with Gasteiger partial charge in [-0.25, -0.2) is 0 Å². The van der Waals surface area contributed by atoms with Crippen LogP contribution >= 0.6 is 0 Å². The molecule has 0 spiro atoms. The number of hydrogen-bond acceptors (Lipinski definition) is 5. The molecule has 0 fully saturated rings. The summed E-state index contributed by atoms with van der Waals surface area (Å²) < 4.78 is 15.4. The van der Waals surface area contributed by atoms with Gasteiger partial charge in [0.1, 0.15) is 0 Å². The number of nitrogens with one attached hydrogen (secondary N) is 1. The number of unbranched alkanes of at least 4 members (excludes halogenated alkanes) is 1. The Morgan fingerprint density at radius 1 is 1.37 bits per heavy atom. The van der Waals surface area contributed by atoms with Crippen molar-refractivity contribution in [3.05, 3.63) is 12.1 Å². The van der Waals surface area contributed by atoms with Gasteiger partial charge >= 0.3 is 0 Å². The van der Waals surface area contributed by atoms with Crippen LogP contribution in [0.5, 0.6) is 11.5 Å². The maximum atomic E-state index is 11.7. The molecule has 104 valence electrons. The number of anilines is 2. The number of carbonyl (C=O) groups excluding carboxylic acids is 1. The average Bonchev–Trinajstić information content (AvgIpc) is 2.82. The van der Waals surface area contributed by atoms with Crippen LogP contribution in [0.2, 0.25) is 0 Å². The molecule has 0 aliphatic carbocycles. The summed E-state index contributed by atoms with van der Waals surface area (Å²) in [6.45, 7) is 0.850. The lowest BCUT2D eigenvalue weighted by Crippen LogP contribution is -2.12. The Morgan fingerprint density at radius 3 is 2.84 bits per heavy atom. The van der Waals surface area contributed by atoms with E-state index in [9.17, 15) is 4.79 Å². The van der Waals surface area contributed by atoms with E-state index in [1.54, 1.807) is 19.2 Å². The normalized spacial score (nSPS) is 12.5. The Kier molecular flexibility index (Phi) is 4.46. The molecule has 0 bridgehead atoms. The van der Waals surface area contributed by atoms with Gasteiger partial charge in [0.25, 0.3) is 0 Å². The molecular formula is C13H18N2O4. The molecule has 3 N–H and O–H groups in total. The van der Waals surface area contributed by atoms with E-state index in [-0.39, 0.29) is 12.7 Å². The zero-order valence-corrected chi connectivity index (χ0v) is 10.9. The van der Waals surface area contributed by atoms with Gasteiger partial charge in [-0.05, 0) is 12.8 Å². The molecular weight excluding hydrogens is 248 g/mol. The van der Waals surface area contributed by atoms with Crippen LogP contribution in [0.3, 0.4) is 0 Å². The smallest absolute Gasteiger partial charge is 0.231 e. The first-order valence-corrected chi connectivity index (χ1v) is 6.18. The van der Waals surface area contributed by atoms with Gasteiger partial charge < -0.3 is 25.3 Å². The van der Waals surface area contributed by atoms with Crippen molar-refractivity contribution in [3.8, 4) is 11.5 Å². The quantitative estimate of drug-likeness (QED) is 0.605. The lowest BCUT2D eigenvalue weighted by molar-refractivity contribution is -0.116. The lowest BCUT2D eigenvalue weighted by Gasteiger charge is -2.09. The summed E-state index contributed by atoms with van der Waals surface area (Å²) in [5.41, 5.74) is 6.87. The van der Waals surface area contributed by atoms with Crippen molar-refractivity contribution in [2.75, 3.05) is 31.6 Å². The van der Waals surface area contributed by atoms with Gasteiger partial charge in [-0.3, -0.25) is 4.79 Å². The Balaban J connectivity index is 1.90. The summed E-state index contributed by atoms with van der Waals surface area (Å²) in [5, 5.41) is 2.78. The lowest BCUT2D eigenvalue weighted by atomic mass is 10.2. The fraction of sp³-hybridized carbons (Fsp3) is 0.462. The minimum atomic E-state index is -0.0679. The first kappa shape index (κ1) is 13.5. The first-order valence-electron chi connectivity index (χ1n) is 6.18. The number of fused-ring (bicyclic) bond motifs is 1. The van der Waals surface area contributed by atoms with Gasteiger partial charge in [-0.1, -0.05) is 0 Å². The summed E-state index contributed by atoms with van der Waals surface area (Å²) in [5.74, 6) is 1.14. The molecule has 2 rings (SSSR count). The highest BCUT2D eigenvalue weighted by Gasteiger charge is 2.17. The predicted molar refractivity (Wildman–Crippen MR) is 71.3 cm³/mol. The number of carbonyl (C=O) groups is 1. The number of nitrogens with two attached hydrogens (primary N) is 1. The van der Waals surface area contributed by atoms with E-state index >= 15 is 0 Å². The minimum Gasteiger partial charge on any atom is -0.454 e.